The van der Waals surface area contributed by atoms with E-state index in [1.54, 1.807) is 0 Å². The van der Waals surface area contributed by atoms with Crippen molar-refractivity contribution in [3.05, 3.63) is 18.0 Å². The van der Waals surface area contributed by atoms with Gasteiger partial charge < -0.3 is 15.0 Å². The first-order valence-electron chi connectivity index (χ1n) is 8.77. The van der Waals surface area contributed by atoms with Crippen LogP contribution in [0.3, 0.4) is 0 Å². The molecule has 2 fully saturated rings. The smallest absolute Gasteiger partial charge is 0.236 e. The van der Waals surface area contributed by atoms with Gasteiger partial charge in [0.15, 0.2) is 0 Å². The van der Waals surface area contributed by atoms with Gasteiger partial charge in [0.1, 0.15) is 0 Å². The lowest BCUT2D eigenvalue weighted by atomic mass is 9.90. The molecule has 0 spiro atoms. The summed E-state index contributed by atoms with van der Waals surface area (Å²) in [6.45, 7) is 6.70. The van der Waals surface area contributed by atoms with Crippen LogP contribution in [0.25, 0.3) is 0 Å². The number of nitrogens with one attached hydrogen (secondary N) is 1. The van der Waals surface area contributed by atoms with E-state index in [9.17, 15) is 4.79 Å². The number of hydrogen-bond acceptors (Lipinski definition) is 4. The normalized spacial score (nSPS) is 25.9. The van der Waals surface area contributed by atoms with E-state index in [1.807, 2.05) is 28.9 Å². The summed E-state index contributed by atoms with van der Waals surface area (Å²) in [5, 5.41) is 7.63. The first kappa shape index (κ1) is 16.5. The van der Waals surface area contributed by atoms with Crippen LogP contribution in [-0.2, 0) is 16.1 Å². The van der Waals surface area contributed by atoms with E-state index in [1.165, 1.54) is 12.8 Å². The molecule has 1 saturated heterocycles. The van der Waals surface area contributed by atoms with Crippen molar-refractivity contribution >= 4 is 5.91 Å². The molecule has 1 aromatic rings. The van der Waals surface area contributed by atoms with E-state index in [4.69, 9.17) is 4.74 Å². The van der Waals surface area contributed by atoms with Gasteiger partial charge in [-0.1, -0.05) is 12.8 Å². The summed E-state index contributed by atoms with van der Waals surface area (Å²) in [6.07, 6.45) is 8.74. The van der Waals surface area contributed by atoms with Crippen molar-refractivity contribution in [3.63, 3.8) is 0 Å². The van der Waals surface area contributed by atoms with Crippen molar-refractivity contribution in [2.24, 2.45) is 0 Å². The van der Waals surface area contributed by atoms with Crippen molar-refractivity contribution < 1.29 is 9.53 Å². The zero-order valence-electron chi connectivity index (χ0n) is 14.2. The van der Waals surface area contributed by atoms with Gasteiger partial charge >= 0.3 is 0 Å². The fourth-order valence-corrected chi connectivity index (χ4v) is 3.68. The molecule has 23 heavy (non-hydrogen) atoms. The quantitative estimate of drug-likeness (QED) is 0.889. The van der Waals surface area contributed by atoms with E-state index in [0.29, 0.717) is 13.2 Å². The summed E-state index contributed by atoms with van der Waals surface area (Å²) in [7, 11) is 0. The van der Waals surface area contributed by atoms with Crippen LogP contribution in [0.15, 0.2) is 12.4 Å². The van der Waals surface area contributed by atoms with E-state index in [2.05, 4.69) is 17.3 Å². The molecule has 1 aliphatic heterocycles. The highest BCUT2D eigenvalue weighted by Crippen LogP contribution is 2.28. The average Bonchev–Trinajstić information content (AvgIpc) is 2.97. The summed E-state index contributed by atoms with van der Waals surface area (Å²) in [4.78, 5) is 14.6. The second kappa shape index (κ2) is 7.45. The zero-order chi connectivity index (χ0) is 16.2. The Hall–Kier alpha value is -1.40. The number of morpholine rings is 1. The first-order chi connectivity index (χ1) is 11.1. The van der Waals surface area contributed by atoms with Gasteiger partial charge in [-0.05, 0) is 32.3 Å². The number of ether oxygens (including phenoxy) is 1. The number of amides is 1. The number of hydrogen-bond donors (Lipinski definition) is 1. The Bertz CT molecular complexity index is 528. The van der Waals surface area contributed by atoms with Crippen molar-refractivity contribution in [2.75, 3.05) is 19.7 Å². The Morgan fingerprint density at radius 1 is 1.48 bits per heavy atom. The standard InChI is InChI=1S/C17H28N4O2/c1-13-9-19-20(11-13)12-14(2)18-10-17(22)21-7-8-23-16-6-4-3-5-15(16)21/h9,11,14-16,18H,3-8,10,12H2,1-2H3/t14-,15+,16-/m0/s1. The van der Waals surface area contributed by atoms with E-state index in [0.717, 1.165) is 31.5 Å². The molecule has 2 heterocycles. The number of aryl methyl sites for hydroxylation is 1. The van der Waals surface area contributed by atoms with Crippen LogP contribution in [0, 0.1) is 6.92 Å². The zero-order valence-corrected chi connectivity index (χ0v) is 14.2. The second-order valence-electron chi connectivity index (χ2n) is 6.87. The molecule has 0 aromatic carbocycles. The maximum atomic E-state index is 12.6. The van der Waals surface area contributed by atoms with Gasteiger partial charge in [-0.15, -0.1) is 0 Å². The highest BCUT2D eigenvalue weighted by molar-refractivity contribution is 5.78. The molecule has 0 radical (unpaired) electrons. The number of carbonyl (C=O) groups excluding carboxylic acids is 1. The third-order valence-corrected chi connectivity index (χ3v) is 4.88. The predicted octanol–water partition coefficient (Wildman–Crippen LogP) is 1.34. The van der Waals surface area contributed by atoms with Crippen LogP contribution < -0.4 is 5.32 Å². The fourth-order valence-electron chi connectivity index (χ4n) is 3.68. The molecule has 1 aromatic heterocycles. The summed E-state index contributed by atoms with van der Waals surface area (Å²) in [5.41, 5.74) is 1.16. The Morgan fingerprint density at radius 3 is 3.09 bits per heavy atom. The molecule has 3 rings (SSSR count). The molecule has 1 N–H and O–H groups in total. The number of carbonyl (C=O) groups is 1. The molecule has 128 valence electrons. The van der Waals surface area contributed by atoms with Crippen LogP contribution in [0.5, 0.6) is 0 Å². The Labute approximate surface area is 138 Å². The number of fused-ring (bicyclic) bond motifs is 1. The summed E-state index contributed by atoms with van der Waals surface area (Å²) < 4.78 is 7.76. The highest BCUT2D eigenvalue weighted by atomic mass is 16.5. The summed E-state index contributed by atoms with van der Waals surface area (Å²) in [6, 6.07) is 0.498. The second-order valence-corrected chi connectivity index (χ2v) is 6.87. The summed E-state index contributed by atoms with van der Waals surface area (Å²) >= 11 is 0. The minimum Gasteiger partial charge on any atom is -0.374 e. The van der Waals surface area contributed by atoms with E-state index >= 15 is 0 Å². The van der Waals surface area contributed by atoms with Crippen LogP contribution in [-0.4, -0.2) is 58.5 Å². The Balaban J connectivity index is 1.48. The van der Waals surface area contributed by atoms with Gasteiger partial charge in [-0.3, -0.25) is 9.48 Å². The van der Waals surface area contributed by atoms with Gasteiger partial charge in [0.25, 0.3) is 0 Å². The lowest BCUT2D eigenvalue weighted by molar-refractivity contribution is -0.148. The van der Waals surface area contributed by atoms with Crippen LogP contribution in [0.4, 0.5) is 0 Å². The van der Waals surface area contributed by atoms with E-state index in [-0.39, 0.29) is 24.1 Å². The lowest BCUT2D eigenvalue weighted by Crippen LogP contribution is -2.57. The van der Waals surface area contributed by atoms with Crippen molar-refractivity contribution in [2.45, 2.75) is 64.3 Å². The van der Waals surface area contributed by atoms with Gasteiger partial charge in [0.05, 0.1) is 38.0 Å². The third-order valence-electron chi connectivity index (χ3n) is 4.88. The molecular formula is C17H28N4O2. The molecule has 0 unspecified atom stereocenters. The molecule has 1 amide bonds. The Morgan fingerprint density at radius 2 is 2.30 bits per heavy atom. The van der Waals surface area contributed by atoms with Crippen LogP contribution >= 0.6 is 0 Å². The molecule has 2 aliphatic rings. The molecule has 1 saturated carbocycles. The minimum absolute atomic E-state index is 0.202. The van der Waals surface area contributed by atoms with Gasteiger partial charge in [-0.25, -0.2) is 0 Å². The van der Waals surface area contributed by atoms with Gasteiger partial charge in [0.2, 0.25) is 5.91 Å². The van der Waals surface area contributed by atoms with E-state index < -0.39 is 0 Å². The fraction of sp³-hybridized carbons (Fsp3) is 0.765. The number of rotatable bonds is 5. The highest BCUT2D eigenvalue weighted by Gasteiger charge is 2.36. The van der Waals surface area contributed by atoms with Gasteiger partial charge in [0, 0.05) is 18.8 Å². The Kier molecular flexibility index (Phi) is 5.33. The lowest BCUT2D eigenvalue weighted by Gasteiger charge is -2.44. The maximum absolute atomic E-state index is 12.6. The van der Waals surface area contributed by atoms with Gasteiger partial charge in [-0.2, -0.15) is 5.10 Å². The first-order valence-corrected chi connectivity index (χ1v) is 8.77. The minimum atomic E-state index is 0.202. The molecule has 6 heteroatoms. The molecule has 0 bridgehead atoms. The monoisotopic (exact) mass is 320 g/mol. The SMILES string of the molecule is Cc1cnn(C[C@H](C)NCC(=O)N2CCO[C@H]3CCCC[C@H]32)c1. The molecule has 1 aliphatic carbocycles. The average molecular weight is 320 g/mol. The number of nitrogens with zero attached hydrogens (tertiary/aromatic N) is 3. The van der Waals surface area contributed by atoms with Crippen molar-refractivity contribution in [1.82, 2.24) is 20.0 Å². The molecular weight excluding hydrogens is 292 g/mol. The predicted molar refractivity (Wildman–Crippen MR) is 88.1 cm³/mol. The number of aromatic nitrogens is 2. The largest absolute Gasteiger partial charge is 0.374 e. The maximum Gasteiger partial charge on any atom is 0.236 e. The van der Waals surface area contributed by atoms with Crippen LogP contribution in [0.1, 0.15) is 38.2 Å². The summed E-state index contributed by atoms with van der Waals surface area (Å²) in [5.74, 6) is 0.202. The van der Waals surface area contributed by atoms with Crippen LogP contribution in [0.2, 0.25) is 0 Å². The third kappa shape index (κ3) is 4.12. The molecule has 3 atom stereocenters. The topological polar surface area (TPSA) is 59.4 Å². The van der Waals surface area contributed by atoms with Crippen molar-refractivity contribution in [1.29, 1.82) is 0 Å². The molecule has 6 nitrogen and oxygen atoms in total. The van der Waals surface area contributed by atoms with Crippen molar-refractivity contribution in [3.8, 4) is 0 Å².